The van der Waals surface area contributed by atoms with Crippen molar-refractivity contribution in [3.05, 3.63) is 0 Å². The van der Waals surface area contributed by atoms with E-state index in [1.54, 1.807) is 7.11 Å². The van der Waals surface area contributed by atoms with Gasteiger partial charge >= 0.3 is 0 Å². The van der Waals surface area contributed by atoms with Crippen LogP contribution in [-0.4, -0.2) is 19.3 Å². The van der Waals surface area contributed by atoms with Gasteiger partial charge in [0.05, 0.1) is 0 Å². The molecular weight excluding hydrogens is 162 g/mol. The molecule has 2 unspecified atom stereocenters. The molecule has 0 aromatic rings. The van der Waals surface area contributed by atoms with Crippen LogP contribution in [-0.2, 0) is 4.74 Å². The van der Waals surface area contributed by atoms with E-state index in [9.17, 15) is 0 Å². The molecule has 1 rings (SSSR count). The summed E-state index contributed by atoms with van der Waals surface area (Å²) in [5.41, 5.74) is 6.46. The zero-order valence-corrected chi connectivity index (χ0v) is 9.01. The molecule has 2 N–H and O–H groups in total. The van der Waals surface area contributed by atoms with Crippen molar-refractivity contribution in [3.63, 3.8) is 0 Å². The van der Waals surface area contributed by atoms with E-state index in [1.165, 1.54) is 25.7 Å². The molecule has 0 aromatic carbocycles. The molecular formula is C11H23NO. The highest BCUT2D eigenvalue weighted by atomic mass is 16.5. The van der Waals surface area contributed by atoms with E-state index in [2.05, 4.69) is 6.92 Å². The molecule has 0 amide bonds. The van der Waals surface area contributed by atoms with Crippen molar-refractivity contribution in [1.29, 1.82) is 0 Å². The van der Waals surface area contributed by atoms with Crippen molar-refractivity contribution in [1.82, 2.24) is 0 Å². The highest BCUT2D eigenvalue weighted by molar-refractivity contribution is 4.89. The fourth-order valence-corrected chi connectivity index (χ4v) is 2.50. The number of methoxy groups -OCH3 is 1. The van der Waals surface area contributed by atoms with Gasteiger partial charge in [-0.3, -0.25) is 0 Å². The van der Waals surface area contributed by atoms with Crippen molar-refractivity contribution in [3.8, 4) is 0 Å². The predicted octanol–water partition coefficient (Wildman–Crippen LogP) is 2.32. The highest BCUT2D eigenvalue weighted by Crippen LogP contribution is 2.33. The van der Waals surface area contributed by atoms with E-state index in [0.717, 1.165) is 25.4 Å². The number of ether oxygens (including phenoxy) is 1. The van der Waals surface area contributed by atoms with Gasteiger partial charge in [0, 0.05) is 19.3 Å². The second kappa shape index (κ2) is 4.97. The van der Waals surface area contributed by atoms with Gasteiger partial charge < -0.3 is 10.5 Å². The van der Waals surface area contributed by atoms with Gasteiger partial charge in [0.15, 0.2) is 0 Å². The number of hydrogen-bond donors (Lipinski definition) is 1. The minimum Gasteiger partial charge on any atom is -0.385 e. The maximum Gasteiger partial charge on any atom is 0.0462 e. The Kier molecular flexibility index (Phi) is 4.20. The van der Waals surface area contributed by atoms with Crippen LogP contribution in [0.2, 0.25) is 0 Å². The van der Waals surface area contributed by atoms with Gasteiger partial charge in [0.25, 0.3) is 0 Å². The monoisotopic (exact) mass is 185 g/mol. The van der Waals surface area contributed by atoms with Gasteiger partial charge in [-0.2, -0.15) is 0 Å². The Balaban J connectivity index is 2.27. The second-order valence-electron chi connectivity index (χ2n) is 4.66. The molecule has 0 bridgehead atoms. The Morgan fingerprint density at radius 2 is 2.31 bits per heavy atom. The molecule has 13 heavy (non-hydrogen) atoms. The fourth-order valence-electron chi connectivity index (χ4n) is 2.50. The average molecular weight is 185 g/mol. The van der Waals surface area contributed by atoms with Crippen LogP contribution in [0, 0.1) is 5.92 Å². The summed E-state index contributed by atoms with van der Waals surface area (Å²) in [6, 6.07) is 0. The van der Waals surface area contributed by atoms with Crippen LogP contribution in [0.3, 0.4) is 0 Å². The molecule has 1 fully saturated rings. The Morgan fingerprint density at radius 1 is 1.54 bits per heavy atom. The Morgan fingerprint density at radius 3 is 2.92 bits per heavy atom. The molecule has 0 spiro atoms. The quantitative estimate of drug-likeness (QED) is 0.682. The second-order valence-corrected chi connectivity index (χ2v) is 4.66. The Labute approximate surface area is 81.8 Å². The third-order valence-electron chi connectivity index (χ3n) is 3.15. The van der Waals surface area contributed by atoms with Gasteiger partial charge in [0.1, 0.15) is 0 Å². The van der Waals surface area contributed by atoms with Crippen molar-refractivity contribution >= 4 is 0 Å². The summed E-state index contributed by atoms with van der Waals surface area (Å²) in [5.74, 6) is 0.821. The largest absolute Gasteiger partial charge is 0.385 e. The summed E-state index contributed by atoms with van der Waals surface area (Å²) >= 11 is 0. The third kappa shape index (κ3) is 3.65. The SMILES string of the molecule is COCCCC1(N)CCCC(C)C1. The molecule has 1 aliphatic rings. The van der Waals surface area contributed by atoms with E-state index in [1.807, 2.05) is 0 Å². The first-order valence-electron chi connectivity index (χ1n) is 5.44. The lowest BCUT2D eigenvalue weighted by molar-refractivity contribution is 0.163. The first-order chi connectivity index (χ1) is 6.16. The topological polar surface area (TPSA) is 35.2 Å². The number of rotatable bonds is 4. The summed E-state index contributed by atoms with van der Waals surface area (Å²) in [4.78, 5) is 0. The highest BCUT2D eigenvalue weighted by Gasteiger charge is 2.29. The molecule has 0 radical (unpaired) electrons. The van der Waals surface area contributed by atoms with E-state index in [-0.39, 0.29) is 5.54 Å². The first kappa shape index (κ1) is 11.0. The van der Waals surface area contributed by atoms with E-state index in [4.69, 9.17) is 10.5 Å². The van der Waals surface area contributed by atoms with Gasteiger partial charge in [0.2, 0.25) is 0 Å². The van der Waals surface area contributed by atoms with Crippen molar-refractivity contribution in [2.45, 2.75) is 51.0 Å². The maximum absolute atomic E-state index is 6.33. The van der Waals surface area contributed by atoms with Crippen LogP contribution in [0.4, 0.5) is 0 Å². The molecule has 2 atom stereocenters. The van der Waals surface area contributed by atoms with Crippen molar-refractivity contribution in [2.24, 2.45) is 11.7 Å². The maximum atomic E-state index is 6.33. The molecule has 0 saturated heterocycles. The minimum atomic E-state index is 0.121. The molecule has 78 valence electrons. The van der Waals surface area contributed by atoms with Crippen molar-refractivity contribution in [2.75, 3.05) is 13.7 Å². The zero-order valence-electron chi connectivity index (χ0n) is 9.01. The zero-order chi connectivity index (χ0) is 9.73. The van der Waals surface area contributed by atoms with Crippen LogP contribution < -0.4 is 5.73 Å². The lowest BCUT2D eigenvalue weighted by atomic mass is 9.75. The van der Waals surface area contributed by atoms with Gasteiger partial charge in [-0.25, -0.2) is 0 Å². The molecule has 1 aliphatic carbocycles. The summed E-state index contributed by atoms with van der Waals surface area (Å²) < 4.78 is 5.05. The summed E-state index contributed by atoms with van der Waals surface area (Å²) in [6.45, 7) is 3.17. The third-order valence-corrected chi connectivity index (χ3v) is 3.15. The van der Waals surface area contributed by atoms with Gasteiger partial charge in [-0.15, -0.1) is 0 Å². The number of hydrogen-bond acceptors (Lipinski definition) is 2. The van der Waals surface area contributed by atoms with Crippen LogP contribution in [0.5, 0.6) is 0 Å². The molecule has 0 heterocycles. The van der Waals surface area contributed by atoms with Crippen LogP contribution >= 0.6 is 0 Å². The first-order valence-corrected chi connectivity index (χ1v) is 5.44. The molecule has 2 heteroatoms. The minimum absolute atomic E-state index is 0.121. The lowest BCUT2D eigenvalue weighted by Gasteiger charge is -2.36. The molecule has 0 aromatic heterocycles. The Hall–Kier alpha value is -0.0800. The normalized spacial score (nSPS) is 34.8. The summed E-state index contributed by atoms with van der Waals surface area (Å²) in [5, 5.41) is 0. The smallest absolute Gasteiger partial charge is 0.0462 e. The van der Waals surface area contributed by atoms with E-state index < -0.39 is 0 Å². The van der Waals surface area contributed by atoms with E-state index in [0.29, 0.717) is 0 Å². The van der Waals surface area contributed by atoms with Gasteiger partial charge in [-0.05, 0) is 31.6 Å². The van der Waals surface area contributed by atoms with Gasteiger partial charge in [-0.1, -0.05) is 19.8 Å². The van der Waals surface area contributed by atoms with Crippen molar-refractivity contribution < 1.29 is 4.74 Å². The summed E-state index contributed by atoms with van der Waals surface area (Å²) in [6.07, 6.45) is 7.33. The van der Waals surface area contributed by atoms with E-state index >= 15 is 0 Å². The lowest BCUT2D eigenvalue weighted by Crippen LogP contribution is -2.43. The molecule has 2 nitrogen and oxygen atoms in total. The average Bonchev–Trinajstić information content (AvgIpc) is 2.04. The van der Waals surface area contributed by atoms with Crippen LogP contribution in [0.25, 0.3) is 0 Å². The molecule has 1 saturated carbocycles. The van der Waals surface area contributed by atoms with Crippen LogP contribution in [0.1, 0.15) is 45.4 Å². The molecule has 0 aliphatic heterocycles. The predicted molar refractivity (Wildman–Crippen MR) is 55.7 cm³/mol. The standard InChI is InChI=1S/C11H23NO/c1-10-5-3-6-11(12,9-10)7-4-8-13-2/h10H,3-9,12H2,1-2H3. The fraction of sp³-hybridized carbons (Fsp3) is 1.00. The Bertz CT molecular complexity index is 149. The summed E-state index contributed by atoms with van der Waals surface area (Å²) in [7, 11) is 1.76. The number of nitrogens with two attached hydrogens (primary N) is 1. The van der Waals surface area contributed by atoms with Crippen LogP contribution in [0.15, 0.2) is 0 Å².